The van der Waals surface area contributed by atoms with Crippen molar-refractivity contribution in [1.29, 1.82) is 0 Å². The highest BCUT2D eigenvalue weighted by Gasteiger charge is 2.13. The van der Waals surface area contributed by atoms with E-state index in [-0.39, 0.29) is 5.91 Å². The zero-order valence-corrected chi connectivity index (χ0v) is 14.0. The summed E-state index contributed by atoms with van der Waals surface area (Å²) < 4.78 is 0. The Kier molecular flexibility index (Phi) is 4.35. The van der Waals surface area contributed by atoms with Gasteiger partial charge in [-0.05, 0) is 36.4 Å². The van der Waals surface area contributed by atoms with Crippen molar-refractivity contribution in [2.24, 2.45) is 0 Å². The van der Waals surface area contributed by atoms with Crippen LogP contribution in [0.4, 0.5) is 0 Å². The second-order valence-electron chi connectivity index (χ2n) is 5.81. The van der Waals surface area contributed by atoms with E-state index in [1.165, 1.54) is 0 Å². The Balaban J connectivity index is 1.72. The summed E-state index contributed by atoms with van der Waals surface area (Å²) in [5.41, 5.74) is 3.86. The molecular weight excluding hydrogens is 324 g/mol. The van der Waals surface area contributed by atoms with Crippen LogP contribution in [0.25, 0.3) is 22.2 Å². The lowest BCUT2D eigenvalue weighted by Gasteiger charge is -2.10. The van der Waals surface area contributed by atoms with Crippen molar-refractivity contribution in [1.82, 2.24) is 20.3 Å². The van der Waals surface area contributed by atoms with E-state index in [1.54, 1.807) is 18.6 Å². The third kappa shape index (κ3) is 3.28. The van der Waals surface area contributed by atoms with Crippen LogP contribution >= 0.6 is 0 Å². The monoisotopic (exact) mass is 340 g/mol. The molecule has 0 saturated carbocycles. The molecule has 0 aliphatic carbocycles. The first-order chi connectivity index (χ1) is 12.8. The maximum atomic E-state index is 12.8. The fourth-order valence-electron chi connectivity index (χ4n) is 2.80. The summed E-state index contributed by atoms with van der Waals surface area (Å²) in [7, 11) is 0. The number of nitrogens with one attached hydrogen (secondary N) is 1. The maximum Gasteiger partial charge on any atom is 0.252 e. The molecule has 4 rings (SSSR count). The Morgan fingerprint density at radius 2 is 1.73 bits per heavy atom. The standard InChI is InChI=1S/C21H16N4O/c26-21(24-14-16-5-3-4-10-23-16)18-13-20(15-8-11-22-12-9-15)25-19-7-2-1-6-17(18)19/h1-13H,14H2,(H,24,26). The van der Waals surface area contributed by atoms with Gasteiger partial charge in [-0.3, -0.25) is 14.8 Å². The molecule has 0 aliphatic heterocycles. The molecule has 5 nitrogen and oxygen atoms in total. The molecule has 0 spiro atoms. The lowest BCUT2D eigenvalue weighted by Crippen LogP contribution is -2.23. The summed E-state index contributed by atoms with van der Waals surface area (Å²) in [5, 5.41) is 3.77. The summed E-state index contributed by atoms with van der Waals surface area (Å²) in [6, 6.07) is 18.9. The van der Waals surface area contributed by atoms with Gasteiger partial charge in [0.05, 0.1) is 29.0 Å². The van der Waals surface area contributed by atoms with Crippen LogP contribution in [0, 0.1) is 0 Å². The molecule has 5 heteroatoms. The van der Waals surface area contributed by atoms with Crippen molar-refractivity contribution < 1.29 is 4.79 Å². The van der Waals surface area contributed by atoms with Crippen LogP contribution < -0.4 is 5.32 Å². The number of hydrogen-bond donors (Lipinski definition) is 1. The zero-order chi connectivity index (χ0) is 17.8. The first-order valence-electron chi connectivity index (χ1n) is 8.29. The minimum atomic E-state index is -0.149. The summed E-state index contributed by atoms with van der Waals surface area (Å²) in [4.78, 5) is 25.8. The number of pyridine rings is 3. The molecule has 0 saturated heterocycles. The number of fused-ring (bicyclic) bond motifs is 1. The molecule has 1 N–H and O–H groups in total. The Bertz CT molecular complexity index is 1050. The number of benzene rings is 1. The van der Waals surface area contributed by atoms with Crippen molar-refractivity contribution in [3.63, 3.8) is 0 Å². The van der Waals surface area contributed by atoms with Gasteiger partial charge in [0.15, 0.2) is 0 Å². The normalized spacial score (nSPS) is 10.6. The molecular formula is C21H16N4O. The third-order valence-corrected chi connectivity index (χ3v) is 4.09. The van der Waals surface area contributed by atoms with E-state index in [0.29, 0.717) is 12.1 Å². The Hall–Kier alpha value is -3.60. The largest absolute Gasteiger partial charge is 0.346 e. The molecule has 1 amide bonds. The minimum absolute atomic E-state index is 0.149. The van der Waals surface area contributed by atoms with Gasteiger partial charge >= 0.3 is 0 Å². The Morgan fingerprint density at radius 1 is 0.923 bits per heavy atom. The Morgan fingerprint density at radius 3 is 2.54 bits per heavy atom. The number of para-hydroxylation sites is 1. The molecule has 0 atom stereocenters. The quantitative estimate of drug-likeness (QED) is 0.616. The third-order valence-electron chi connectivity index (χ3n) is 4.09. The van der Waals surface area contributed by atoms with Crippen molar-refractivity contribution in [2.45, 2.75) is 6.54 Å². The van der Waals surface area contributed by atoms with Gasteiger partial charge in [0.1, 0.15) is 0 Å². The average Bonchev–Trinajstić information content (AvgIpc) is 2.72. The second kappa shape index (κ2) is 7.11. The van der Waals surface area contributed by atoms with Gasteiger partial charge in [-0.1, -0.05) is 24.3 Å². The highest BCUT2D eigenvalue weighted by molar-refractivity contribution is 6.07. The van der Waals surface area contributed by atoms with Crippen LogP contribution in [0.5, 0.6) is 0 Å². The van der Waals surface area contributed by atoms with E-state index < -0.39 is 0 Å². The predicted molar refractivity (Wildman–Crippen MR) is 100 cm³/mol. The highest BCUT2D eigenvalue weighted by Crippen LogP contribution is 2.24. The minimum Gasteiger partial charge on any atom is -0.346 e. The average molecular weight is 340 g/mol. The molecule has 3 heterocycles. The van der Waals surface area contributed by atoms with Gasteiger partial charge in [-0.15, -0.1) is 0 Å². The number of amides is 1. The van der Waals surface area contributed by atoms with Crippen molar-refractivity contribution in [3.05, 3.63) is 90.5 Å². The summed E-state index contributed by atoms with van der Waals surface area (Å²) in [6.45, 7) is 0.376. The predicted octanol–water partition coefficient (Wildman–Crippen LogP) is 3.62. The van der Waals surface area contributed by atoms with E-state index in [0.717, 1.165) is 27.9 Å². The smallest absolute Gasteiger partial charge is 0.252 e. The summed E-state index contributed by atoms with van der Waals surface area (Å²) >= 11 is 0. The summed E-state index contributed by atoms with van der Waals surface area (Å²) in [6.07, 6.45) is 5.14. The van der Waals surface area contributed by atoms with Crippen LogP contribution in [0.3, 0.4) is 0 Å². The lowest BCUT2D eigenvalue weighted by molar-refractivity contribution is 0.0952. The van der Waals surface area contributed by atoms with Crippen molar-refractivity contribution in [2.75, 3.05) is 0 Å². The van der Waals surface area contributed by atoms with E-state index in [9.17, 15) is 4.79 Å². The van der Waals surface area contributed by atoms with E-state index in [1.807, 2.05) is 60.7 Å². The lowest BCUT2D eigenvalue weighted by atomic mass is 10.0. The molecule has 26 heavy (non-hydrogen) atoms. The van der Waals surface area contributed by atoms with E-state index >= 15 is 0 Å². The number of rotatable bonds is 4. The molecule has 4 aromatic rings. The topological polar surface area (TPSA) is 67.8 Å². The van der Waals surface area contributed by atoms with Crippen molar-refractivity contribution >= 4 is 16.8 Å². The second-order valence-corrected chi connectivity index (χ2v) is 5.81. The molecule has 0 unspecified atom stereocenters. The molecule has 1 aromatic carbocycles. The van der Waals surface area contributed by atoms with Gasteiger partial charge in [-0.25, -0.2) is 4.98 Å². The maximum absolute atomic E-state index is 12.8. The summed E-state index contributed by atoms with van der Waals surface area (Å²) in [5.74, 6) is -0.149. The van der Waals surface area contributed by atoms with Crippen LogP contribution in [-0.4, -0.2) is 20.9 Å². The van der Waals surface area contributed by atoms with Gasteiger partial charge in [0.2, 0.25) is 0 Å². The van der Waals surface area contributed by atoms with Crippen LogP contribution in [-0.2, 0) is 6.54 Å². The number of aromatic nitrogens is 3. The van der Waals surface area contributed by atoms with E-state index in [4.69, 9.17) is 0 Å². The first-order valence-corrected chi connectivity index (χ1v) is 8.29. The Labute approximate surface area is 150 Å². The molecule has 0 fully saturated rings. The number of carbonyl (C=O) groups excluding carboxylic acids is 1. The molecule has 0 radical (unpaired) electrons. The van der Waals surface area contributed by atoms with Gasteiger partial charge in [-0.2, -0.15) is 0 Å². The molecule has 0 aliphatic rings. The molecule has 0 bridgehead atoms. The number of hydrogen-bond acceptors (Lipinski definition) is 4. The van der Waals surface area contributed by atoms with Crippen LogP contribution in [0.2, 0.25) is 0 Å². The number of nitrogens with zero attached hydrogens (tertiary/aromatic N) is 3. The van der Waals surface area contributed by atoms with Gasteiger partial charge < -0.3 is 5.32 Å². The van der Waals surface area contributed by atoms with E-state index in [2.05, 4.69) is 20.3 Å². The first kappa shape index (κ1) is 15.9. The van der Waals surface area contributed by atoms with Crippen LogP contribution in [0.15, 0.2) is 79.3 Å². The fraction of sp³-hybridized carbons (Fsp3) is 0.0476. The number of carbonyl (C=O) groups is 1. The highest BCUT2D eigenvalue weighted by atomic mass is 16.1. The van der Waals surface area contributed by atoms with Gasteiger partial charge in [0.25, 0.3) is 5.91 Å². The van der Waals surface area contributed by atoms with Crippen LogP contribution in [0.1, 0.15) is 16.1 Å². The molecule has 3 aromatic heterocycles. The fourth-order valence-corrected chi connectivity index (χ4v) is 2.80. The SMILES string of the molecule is O=C(NCc1ccccn1)c1cc(-c2ccncc2)nc2ccccc12. The zero-order valence-electron chi connectivity index (χ0n) is 14.0. The van der Waals surface area contributed by atoms with Crippen molar-refractivity contribution in [3.8, 4) is 11.3 Å². The van der Waals surface area contributed by atoms with Gasteiger partial charge in [0, 0.05) is 29.5 Å². The molecule has 126 valence electrons.